The van der Waals surface area contributed by atoms with Gasteiger partial charge in [0.05, 0.1) is 5.92 Å². The molecule has 0 N–H and O–H groups in total. The molecule has 0 aliphatic carbocycles. The Morgan fingerprint density at radius 1 is 0.750 bits per heavy atom. The average Bonchev–Trinajstić information content (AvgIpc) is 3.30. The molecule has 188 valence electrons. The van der Waals surface area contributed by atoms with Crippen LogP contribution in [-0.4, -0.2) is 49.1 Å². The fourth-order valence-electron chi connectivity index (χ4n) is 5.88. The van der Waals surface area contributed by atoms with Gasteiger partial charge >= 0.3 is 0 Å². The van der Waals surface area contributed by atoms with E-state index in [4.69, 9.17) is 0 Å². The fraction of sp³-hybridized carbons (Fsp3) is 0.345. The standard InChI is InChI=1S/C29H30F3N3O/c1-19-15-34(16-20(2)35(19)24-11-8-21(30)9-12-24)29(36)27-18-33(23-6-4-3-5-7-23)17-26(27)25-13-10-22(31)14-28(25)32/h3-14,19-20,26-27H,15-18H2,1-2H3/t19-,20+,26-,27+/m0/s1. The van der Waals surface area contributed by atoms with E-state index in [2.05, 4.69) is 23.6 Å². The van der Waals surface area contributed by atoms with E-state index in [1.54, 1.807) is 12.1 Å². The van der Waals surface area contributed by atoms with Gasteiger partial charge in [-0.3, -0.25) is 4.79 Å². The van der Waals surface area contributed by atoms with Crippen LogP contribution in [0.15, 0.2) is 72.8 Å². The summed E-state index contributed by atoms with van der Waals surface area (Å²) in [5.41, 5.74) is 2.27. The highest BCUT2D eigenvalue weighted by Crippen LogP contribution is 2.38. The third-order valence-electron chi connectivity index (χ3n) is 7.48. The van der Waals surface area contributed by atoms with Gasteiger partial charge in [-0.05, 0) is 61.9 Å². The van der Waals surface area contributed by atoms with Crippen molar-refractivity contribution in [2.24, 2.45) is 5.92 Å². The molecule has 4 nitrogen and oxygen atoms in total. The molecule has 7 heteroatoms. The minimum absolute atomic E-state index is 0.0142. The van der Waals surface area contributed by atoms with E-state index in [1.165, 1.54) is 24.3 Å². The van der Waals surface area contributed by atoms with Crippen molar-refractivity contribution in [1.29, 1.82) is 0 Å². The van der Waals surface area contributed by atoms with Crippen molar-refractivity contribution in [1.82, 2.24) is 4.90 Å². The zero-order valence-electron chi connectivity index (χ0n) is 20.4. The summed E-state index contributed by atoms with van der Waals surface area (Å²) >= 11 is 0. The van der Waals surface area contributed by atoms with Gasteiger partial charge in [0.25, 0.3) is 0 Å². The smallest absolute Gasteiger partial charge is 0.228 e. The van der Waals surface area contributed by atoms with E-state index < -0.39 is 17.6 Å². The molecular formula is C29H30F3N3O. The number of hydrogen-bond donors (Lipinski definition) is 0. The van der Waals surface area contributed by atoms with Crippen LogP contribution in [0.2, 0.25) is 0 Å². The van der Waals surface area contributed by atoms with Crippen LogP contribution < -0.4 is 9.80 Å². The van der Waals surface area contributed by atoms with Gasteiger partial charge in [-0.25, -0.2) is 13.2 Å². The Kier molecular flexibility index (Phi) is 6.65. The summed E-state index contributed by atoms with van der Waals surface area (Å²) in [6.07, 6.45) is 0. The zero-order valence-corrected chi connectivity index (χ0v) is 20.4. The molecule has 2 saturated heterocycles. The maximum atomic E-state index is 14.9. The molecule has 36 heavy (non-hydrogen) atoms. The quantitative estimate of drug-likeness (QED) is 0.484. The van der Waals surface area contributed by atoms with Crippen LogP contribution in [0.5, 0.6) is 0 Å². The van der Waals surface area contributed by atoms with Crippen LogP contribution in [0, 0.1) is 23.4 Å². The molecule has 0 radical (unpaired) electrons. The first kappa shape index (κ1) is 24.2. The van der Waals surface area contributed by atoms with Gasteiger partial charge in [0.15, 0.2) is 0 Å². The van der Waals surface area contributed by atoms with Crippen molar-refractivity contribution >= 4 is 17.3 Å². The molecule has 0 spiro atoms. The minimum atomic E-state index is -0.628. The van der Waals surface area contributed by atoms with Gasteiger partial charge in [-0.1, -0.05) is 24.3 Å². The maximum absolute atomic E-state index is 14.9. The number of benzene rings is 3. The number of para-hydroxylation sites is 1. The predicted molar refractivity (Wildman–Crippen MR) is 136 cm³/mol. The second kappa shape index (κ2) is 9.88. The highest BCUT2D eigenvalue weighted by Gasteiger charge is 2.43. The van der Waals surface area contributed by atoms with E-state index in [0.717, 1.165) is 17.4 Å². The maximum Gasteiger partial charge on any atom is 0.228 e. The summed E-state index contributed by atoms with van der Waals surface area (Å²) in [6, 6.07) is 19.9. The Hall–Kier alpha value is -3.48. The summed E-state index contributed by atoms with van der Waals surface area (Å²) < 4.78 is 42.0. The van der Waals surface area contributed by atoms with E-state index >= 15 is 0 Å². The lowest BCUT2D eigenvalue weighted by Gasteiger charge is -2.46. The van der Waals surface area contributed by atoms with Crippen molar-refractivity contribution in [3.05, 3.63) is 95.8 Å². The third kappa shape index (κ3) is 4.66. The van der Waals surface area contributed by atoms with Gasteiger partial charge < -0.3 is 14.7 Å². The van der Waals surface area contributed by atoms with E-state index in [1.807, 2.05) is 35.2 Å². The predicted octanol–water partition coefficient (Wildman–Crippen LogP) is 5.45. The normalized spacial score (nSPS) is 24.3. The zero-order chi connectivity index (χ0) is 25.4. The number of amides is 1. The molecule has 0 aromatic heterocycles. The van der Waals surface area contributed by atoms with E-state index in [-0.39, 0.29) is 29.7 Å². The summed E-state index contributed by atoms with van der Waals surface area (Å²) in [5, 5.41) is 0. The minimum Gasteiger partial charge on any atom is -0.370 e. The largest absolute Gasteiger partial charge is 0.370 e. The van der Waals surface area contributed by atoms with Crippen LogP contribution in [0.25, 0.3) is 0 Å². The van der Waals surface area contributed by atoms with Crippen LogP contribution >= 0.6 is 0 Å². The molecular weight excluding hydrogens is 463 g/mol. The lowest BCUT2D eigenvalue weighted by molar-refractivity contribution is -0.136. The number of halogens is 3. The van der Waals surface area contributed by atoms with Crippen molar-refractivity contribution in [2.45, 2.75) is 31.8 Å². The number of anilines is 2. The first-order valence-corrected chi connectivity index (χ1v) is 12.4. The number of hydrogen-bond acceptors (Lipinski definition) is 3. The SMILES string of the molecule is C[C@@H]1CN(C(=O)[C@@H]2CN(c3ccccc3)C[C@H]2c2ccc(F)cc2F)C[C@H](C)N1c1ccc(F)cc1. The van der Waals surface area contributed by atoms with Gasteiger partial charge in [-0.15, -0.1) is 0 Å². The van der Waals surface area contributed by atoms with Gasteiger partial charge in [0.1, 0.15) is 17.5 Å². The van der Waals surface area contributed by atoms with Gasteiger partial charge in [-0.2, -0.15) is 0 Å². The highest BCUT2D eigenvalue weighted by molar-refractivity contribution is 5.82. The third-order valence-corrected chi connectivity index (χ3v) is 7.48. The summed E-state index contributed by atoms with van der Waals surface area (Å²) in [5.74, 6) is -2.39. The lowest BCUT2D eigenvalue weighted by Crippen LogP contribution is -2.59. The molecule has 2 aliphatic heterocycles. The summed E-state index contributed by atoms with van der Waals surface area (Å²) in [6.45, 7) is 6.08. The monoisotopic (exact) mass is 493 g/mol. The van der Waals surface area contributed by atoms with Crippen LogP contribution in [0.1, 0.15) is 25.3 Å². The van der Waals surface area contributed by atoms with Gasteiger partial charge in [0, 0.05) is 61.6 Å². The molecule has 3 aromatic rings. The number of carbonyl (C=O) groups excluding carboxylic acids is 1. The molecule has 2 aliphatic rings. The lowest BCUT2D eigenvalue weighted by atomic mass is 9.87. The van der Waals surface area contributed by atoms with E-state index in [0.29, 0.717) is 31.7 Å². The van der Waals surface area contributed by atoms with E-state index in [9.17, 15) is 18.0 Å². The topological polar surface area (TPSA) is 26.8 Å². The molecule has 0 bridgehead atoms. The molecule has 3 aromatic carbocycles. The van der Waals surface area contributed by atoms with Gasteiger partial charge in [0.2, 0.25) is 5.91 Å². The second-order valence-electron chi connectivity index (χ2n) is 9.94. The molecule has 5 rings (SSSR count). The number of nitrogens with zero attached hydrogens (tertiary/aromatic N) is 3. The molecule has 2 fully saturated rings. The first-order valence-electron chi connectivity index (χ1n) is 12.4. The Morgan fingerprint density at radius 2 is 1.39 bits per heavy atom. The second-order valence-corrected chi connectivity index (χ2v) is 9.94. The van der Waals surface area contributed by atoms with Crippen LogP contribution in [0.4, 0.5) is 24.5 Å². The Balaban J connectivity index is 1.40. The Morgan fingerprint density at radius 3 is 2.03 bits per heavy atom. The summed E-state index contributed by atoms with van der Waals surface area (Å²) in [4.78, 5) is 20.2. The van der Waals surface area contributed by atoms with Crippen molar-refractivity contribution in [2.75, 3.05) is 36.0 Å². The van der Waals surface area contributed by atoms with Crippen molar-refractivity contribution in [3.63, 3.8) is 0 Å². The Labute approximate surface area is 209 Å². The molecule has 0 unspecified atom stereocenters. The molecule has 4 atom stereocenters. The van der Waals surface area contributed by atoms with Crippen molar-refractivity contribution < 1.29 is 18.0 Å². The Bertz CT molecular complexity index is 1210. The number of piperazine rings is 1. The molecule has 2 heterocycles. The number of carbonyl (C=O) groups is 1. The van der Waals surface area contributed by atoms with Crippen LogP contribution in [0.3, 0.4) is 0 Å². The highest BCUT2D eigenvalue weighted by atomic mass is 19.1. The van der Waals surface area contributed by atoms with Crippen LogP contribution in [-0.2, 0) is 4.79 Å². The summed E-state index contributed by atoms with van der Waals surface area (Å²) in [7, 11) is 0. The molecule has 1 amide bonds. The van der Waals surface area contributed by atoms with Crippen molar-refractivity contribution in [3.8, 4) is 0 Å². The molecule has 0 saturated carbocycles. The fourth-order valence-corrected chi connectivity index (χ4v) is 5.88. The average molecular weight is 494 g/mol. The number of rotatable bonds is 4. The first-order chi connectivity index (χ1) is 17.3.